The van der Waals surface area contributed by atoms with Gasteiger partial charge in [0.05, 0.1) is 30.1 Å². The minimum Gasteiger partial charge on any atom is -0.491 e. The van der Waals surface area contributed by atoms with Crippen LogP contribution in [-0.2, 0) is 13.5 Å². The smallest absolute Gasteiger partial charge is 0.254 e. The number of carbonyl (C=O) groups is 1. The van der Waals surface area contributed by atoms with Crippen molar-refractivity contribution in [2.45, 2.75) is 37.8 Å². The summed E-state index contributed by atoms with van der Waals surface area (Å²) in [5.74, 6) is -1.93. The number of halogens is 2. The highest BCUT2D eigenvalue weighted by Crippen LogP contribution is 2.45. The lowest BCUT2D eigenvalue weighted by Gasteiger charge is -2.45. The van der Waals surface area contributed by atoms with Gasteiger partial charge < -0.3 is 9.64 Å². The molecule has 0 unspecified atom stereocenters. The molecule has 2 aromatic heterocycles. The van der Waals surface area contributed by atoms with Crippen molar-refractivity contribution in [2.24, 2.45) is 7.05 Å². The second-order valence-corrected chi connectivity index (χ2v) is 9.24. The molecule has 0 aliphatic carbocycles. The maximum Gasteiger partial charge on any atom is 0.254 e. The second kappa shape index (κ2) is 8.15. The average molecular weight is 475 g/mol. The van der Waals surface area contributed by atoms with Crippen molar-refractivity contribution in [3.8, 4) is 17.0 Å². The van der Waals surface area contributed by atoms with Crippen LogP contribution in [0, 0.1) is 11.6 Å². The van der Waals surface area contributed by atoms with E-state index in [2.05, 4.69) is 4.98 Å². The van der Waals surface area contributed by atoms with E-state index in [-0.39, 0.29) is 18.0 Å². The number of ether oxygens (including phenoxy) is 1. The summed E-state index contributed by atoms with van der Waals surface area (Å²) in [6, 6.07) is 11.8. The first kappa shape index (κ1) is 21.7. The average Bonchev–Trinajstić information content (AvgIpc) is 3.18. The lowest BCUT2D eigenvalue weighted by Crippen LogP contribution is -2.49. The Morgan fingerprint density at radius 1 is 1.11 bits per heavy atom. The van der Waals surface area contributed by atoms with E-state index in [0.717, 1.165) is 41.4 Å². The number of fused-ring (bicyclic) bond motifs is 5. The zero-order chi connectivity index (χ0) is 24.3. The van der Waals surface area contributed by atoms with Gasteiger partial charge in [0.15, 0.2) is 17.4 Å². The quantitative estimate of drug-likeness (QED) is 0.409. The number of benzene rings is 2. The topological polar surface area (TPSA) is 60.2 Å². The van der Waals surface area contributed by atoms with Crippen LogP contribution in [0.5, 0.6) is 5.75 Å². The minimum absolute atomic E-state index is 0.00534. The Balaban J connectivity index is 1.42. The fourth-order valence-corrected chi connectivity index (χ4v) is 5.76. The van der Waals surface area contributed by atoms with Gasteiger partial charge in [-0.2, -0.15) is 5.10 Å². The van der Waals surface area contributed by atoms with Gasteiger partial charge in [0.2, 0.25) is 0 Å². The van der Waals surface area contributed by atoms with Gasteiger partial charge in [0.1, 0.15) is 0 Å². The molecule has 8 heteroatoms. The van der Waals surface area contributed by atoms with Gasteiger partial charge in [-0.05, 0) is 62.1 Å². The van der Waals surface area contributed by atoms with Crippen LogP contribution >= 0.6 is 0 Å². The number of carbonyl (C=O) groups excluding carboxylic acids is 1. The van der Waals surface area contributed by atoms with Gasteiger partial charge >= 0.3 is 0 Å². The molecule has 0 spiro atoms. The van der Waals surface area contributed by atoms with E-state index in [4.69, 9.17) is 9.84 Å². The number of methoxy groups -OCH3 is 1. The molecule has 1 saturated heterocycles. The van der Waals surface area contributed by atoms with E-state index in [9.17, 15) is 13.6 Å². The standard InChI is InChI=1S/C27H24F2N4O2/c1-32-25(17-12-20(28)26(35-2)21(29)13-17)19-14-18-6-3-7-23(24(19)31-32)33(18)27(34)16-8-9-22-15(11-16)5-4-10-30-22/h4-5,8-13,18,23H,3,6-7,14H2,1-2H3/t18-,23+/m0/s1. The lowest BCUT2D eigenvalue weighted by molar-refractivity contribution is 0.0392. The molecule has 2 atom stereocenters. The van der Waals surface area contributed by atoms with Crippen molar-refractivity contribution < 1.29 is 18.3 Å². The molecule has 1 fully saturated rings. The molecule has 2 bridgehead atoms. The summed E-state index contributed by atoms with van der Waals surface area (Å²) < 4.78 is 35.5. The number of hydrogen-bond acceptors (Lipinski definition) is 4. The number of amides is 1. The predicted octanol–water partition coefficient (Wildman–Crippen LogP) is 5.21. The van der Waals surface area contributed by atoms with E-state index >= 15 is 0 Å². The first-order chi connectivity index (χ1) is 17.0. The third-order valence-corrected chi connectivity index (χ3v) is 7.24. The molecule has 4 aromatic rings. The molecule has 2 aliphatic heterocycles. The van der Waals surface area contributed by atoms with Gasteiger partial charge in [0, 0.05) is 41.4 Å². The third kappa shape index (κ3) is 3.38. The molecule has 35 heavy (non-hydrogen) atoms. The molecule has 0 N–H and O–H groups in total. The van der Waals surface area contributed by atoms with Gasteiger partial charge in [-0.25, -0.2) is 8.78 Å². The summed E-state index contributed by atoms with van der Waals surface area (Å²) in [6.07, 6.45) is 4.99. The van der Waals surface area contributed by atoms with Crippen LogP contribution in [0.3, 0.4) is 0 Å². The van der Waals surface area contributed by atoms with Gasteiger partial charge in [-0.3, -0.25) is 14.5 Å². The Bertz CT molecular complexity index is 1460. The number of aromatic nitrogens is 3. The van der Waals surface area contributed by atoms with Gasteiger partial charge in [-0.15, -0.1) is 0 Å². The van der Waals surface area contributed by atoms with Crippen molar-refractivity contribution in [1.29, 1.82) is 0 Å². The Hall–Kier alpha value is -3.81. The van der Waals surface area contributed by atoms with Gasteiger partial charge in [0.25, 0.3) is 5.91 Å². The first-order valence-corrected chi connectivity index (χ1v) is 11.7. The molecule has 0 saturated carbocycles. The zero-order valence-electron chi connectivity index (χ0n) is 19.5. The highest BCUT2D eigenvalue weighted by Gasteiger charge is 2.43. The van der Waals surface area contributed by atoms with E-state index in [1.807, 2.05) is 35.2 Å². The Kier molecular flexibility index (Phi) is 5.05. The second-order valence-electron chi connectivity index (χ2n) is 9.24. The van der Waals surface area contributed by atoms with E-state index in [0.29, 0.717) is 23.2 Å². The summed E-state index contributed by atoms with van der Waals surface area (Å²) in [5.41, 5.74) is 4.33. The minimum atomic E-state index is -0.754. The monoisotopic (exact) mass is 474 g/mol. The van der Waals surface area contributed by atoms with Crippen molar-refractivity contribution in [3.63, 3.8) is 0 Å². The van der Waals surface area contributed by atoms with Crippen LogP contribution in [-0.4, -0.2) is 38.7 Å². The number of nitrogens with zero attached hydrogens (tertiary/aromatic N) is 4. The molecular weight excluding hydrogens is 450 g/mol. The molecule has 4 heterocycles. The first-order valence-electron chi connectivity index (χ1n) is 11.7. The predicted molar refractivity (Wildman–Crippen MR) is 127 cm³/mol. The maximum atomic E-state index is 14.5. The lowest BCUT2D eigenvalue weighted by atomic mass is 9.81. The summed E-state index contributed by atoms with van der Waals surface area (Å²) in [4.78, 5) is 20.1. The van der Waals surface area contributed by atoms with E-state index in [1.165, 1.54) is 19.2 Å². The summed E-state index contributed by atoms with van der Waals surface area (Å²) in [7, 11) is 3.02. The molecule has 178 valence electrons. The maximum absolute atomic E-state index is 14.5. The third-order valence-electron chi connectivity index (χ3n) is 7.24. The number of pyridine rings is 1. The number of piperidine rings is 1. The molecule has 6 nitrogen and oxygen atoms in total. The normalized spacial score (nSPS) is 19.0. The van der Waals surface area contributed by atoms with Crippen LogP contribution in [0.15, 0.2) is 48.7 Å². The van der Waals surface area contributed by atoms with Crippen molar-refractivity contribution in [1.82, 2.24) is 19.7 Å². The fourth-order valence-electron chi connectivity index (χ4n) is 5.76. The van der Waals surface area contributed by atoms with Crippen LogP contribution in [0.1, 0.15) is 46.9 Å². The molecule has 1 amide bonds. The Morgan fingerprint density at radius 2 is 1.91 bits per heavy atom. The summed E-state index contributed by atoms with van der Waals surface area (Å²) >= 11 is 0. The van der Waals surface area contributed by atoms with Crippen molar-refractivity contribution >= 4 is 16.8 Å². The highest BCUT2D eigenvalue weighted by atomic mass is 19.1. The van der Waals surface area contributed by atoms with Gasteiger partial charge in [-0.1, -0.05) is 6.07 Å². The molecule has 6 rings (SSSR count). The molecule has 2 aliphatic rings. The summed E-state index contributed by atoms with van der Waals surface area (Å²) in [5, 5.41) is 5.68. The Morgan fingerprint density at radius 3 is 2.69 bits per heavy atom. The fraction of sp³-hybridized carbons (Fsp3) is 0.296. The van der Waals surface area contributed by atoms with Crippen LogP contribution in [0.4, 0.5) is 8.78 Å². The highest BCUT2D eigenvalue weighted by molar-refractivity contribution is 5.98. The van der Waals surface area contributed by atoms with Crippen LogP contribution < -0.4 is 4.74 Å². The number of aryl methyl sites for hydroxylation is 1. The van der Waals surface area contributed by atoms with E-state index < -0.39 is 17.4 Å². The molecule has 2 aromatic carbocycles. The zero-order valence-corrected chi connectivity index (χ0v) is 19.5. The van der Waals surface area contributed by atoms with Crippen molar-refractivity contribution in [2.75, 3.05) is 7.11 Å². The SMILES string of the molecule is COc1c(F)cc(-c2c3c(nn2C)[C@H]2CCC[C@@H](C3)N2C(=O)c2ccc3ncccc3c2)cc1F. The molecule has 0 radical (unpaired) electrons. The van der Waals surface area contributed by atoms with Crippen molar-refractivity contribution in [3.05, 3.63) is 77.1 Å². The Labute approximate surface area is 201 Å². The van der Waals surface area contributed by atoms with E-state index in [1.54, 1.807) is 17.9 Å². The number of hydrogen-bond donors (Lipinski definition) is 0. The number of rotatable bonds is 3. The molecular formula is C27H24F2N4O2. The largest absolute Gasteiger partial charge is 0.491 e. The van der Waals surface area contributed by atoms with Crippen LogP contribution in [0.2, 0.25) is 0 Å². The summed E-state index contributed by atoms with van der Waals surface area (Å²) in [6.45, 7) is 0. The van der Waals surface area contributed by atoms with Crippen LogP contribution in [0.25, 0.3) is 22.2 Å².